The second-order valence-corrected chi connectivity index (χ2v) is 7.97. The topological polar surface area (TPSA) is 87.8 Å². The zero-order chi connectivity index (χ0) is 23.6. The van der Waals surface area contributed by atoms with E-state index in [-0.39, 0.29) is 5.91 Å². The fourth-order valence-corrected chi connectivity index (χ4v) is 3.76. The number of anilines is 5. The summed E-state index contributed by atoms with van der Waals surface area (Å²) in [5.41, 5.74) is 4.30. The molecule has 3 aromatic rings. The molecule has 0 unspecified atom stereocenters. The highest BCUT2D eigenvalue weighted by molar-refractivity contribution is 6.00. The number of aromatic nitrogens is 1. The van der Waals surface area contributed by atoms with Crippen LogP contribution in [0.4, 0.5) is 28.6 Å². The second kappa shape index (κ2) is 12.0. The third-order valence-corrected chi connectivity index (χ3v) is 5.54. The van der Waals surface area contributed by atoms with Crippen molar-refractivity contribution in [2.24, 2.45) is 0 Å². The quantitative estimate of drug-likeness (QED) is 0.391. The van der Waals surface area contributed by atoms with Gasteiger partial charge in [-0.2, -0.15) is 0 Å². The molecule has 0 aliphatic carbocycles. The van der Waals surface area contributed by atoms with E-state index in [9.17, 15) is 4.79 Å². The van der Waals surface area contributed by atoms with Crippen LogP contribution in [0, 0.1) is 0 Å². The van der Waals surface area contributed by atoms with Gasteiger partial charge in [-0.05, 0) is 48.9 Å². The molecule has 1 aliphatic heterocycles. The molecular weight excluding hydrogens is 430 g/mol. The lowest BCUT2D eigenvalue weighted by Crippen LogP contribution is -2.36. The van der Waals surface area contributed by atoms with Gasteiger partial charge in [0.15, 0.2) is 0 Å². The van der Waals surface area contributed by atoms with Crippen LogP contribution in [-0.2, 0) is 9.47 Å². The lowest BCUT2D eigenvalue weighted by Gasteiger charge is -2.28. The van der Waals surface area contributed by atoms with Crippen molar-refractivity contribution in [2.75, 3.05) is 62.1 Å². The zero-order valence-electron chi connectivity index (χ0n) is 19.4. The summed E-state index contributed by atoms with van der Waals surface area (Å²) in [4.78, 5) is 19.4. The molecule has 1 amide bonds. The van der Waals surface area contributed by atoms with E-state index in [1.54, 1.807) is 13.3 Å². The molecule has 0 radical (unpaired) electrons. The average molecular weight is 462 g/mol. The normalized spacial score (nSPS) is 13.4. The van der Waals surface area contributed by atoms with E-state index in [0.29, 0.717) is 24.5 Å². The van der Waals surface area contributed by atoms with Gasteiger partial charge in [0, 0.05) is 62.7 Å². The number of carbonyl (C=O) groups is 1. The predicted molar refractivity (Wildman–Crippen MR) is 136 cm³/mol. The molecule has 0 spiro atoms. The number of amides is 1. The van der Waals surface area contributed by atoms with Gasteiger partial charge in [-0.3, -0.25) is 4.79 Å². The molecule has 4 rings (SSSR count). The van der Waals surface area contributed by atoms with Crippen LogP contribution in [0.3, 0.4) is 0 Å². The minimum atomic E-state index is -0.119. The molecule has 3 N–H and O–H groups in total. The van der Waals surface area contributed by atoms with Crippen molar-refractivity contribution < 1.29 is 14.3 Å². The highest BCUT2D eigenvalue weighted by Gasteiger charge is 2.12. The zero-order valence-corrected chi connectivity index (χ0v) is 19.4. The van der Waals surface area contributed by atoms with Crippen molar-refractivity contribution in [3.05, 3.63) is 72.4 Å². The molecule has 8 nitrogen and oxygen atoms in total. The standard InChI is InChI=1S/C26H31N5O3/c1-33-16-4-12-28-26(32)23-5-2-3-6-24(23)29-21-11-13-27-25(19-21)30-20-7-9-22(10-8-20)31-14-17-34-18-15-31/h2-3,5-11,13,19H,4,12,14-18H2,1H3,(H,28,32)(H2,27,29,30). The Morgan fingerprint density at radius 1 is 1.03 bits per heavy atom. The first-order valence-electron chi connectivity index (χ1n) is 11.5. The van der Waals surface area contributed by atoms with Gasteiger partial charge in [0.1, 0.15) is 5.82 Å². The number of carbonyl (C=O) groups excluding carboxylic acids is 1. The first kappa shape index (κ1) is 23.5. The summed E-state index contributed by atoms with van der Waals surface area (Å²) in [7, 11) is 1.65. The summed E-state index contributed by atoms with van der Waals surface area (Å²) in [6, 6.07) is 19.6. The number of para-hydroxylation sites is 1. The molecule has 8 heteroatoms. The molecule has 178 valence electrons. The SMILES string of the molecule is COCCCNC(=O)c1ccccc1Nc1ccnc(Nc2ccc(N3CCOCC3)cc2)c1. The van der Waals surface area contributed by atoms with Gasteiger partial charge in [-0.15, -0.1) is 0 Å². The van der Waals surface area contributed by atoms with Crippen molar-refractivity contribution in [2.45, 2.75) is 6.42 Å². The van der Waals surface area contributed by atoms with Gasteiger partial charge in [-0.25, -0.2) is 4.98 Å². The average Bonchev–Trinajstić information content (AvgIpc) is 2.88. The number of benzene rings is 2. The molecular formula is C26H31N5O3. The molecule has 1 fully saturated rings. The Morgan fingerprint density at radius 3 is 2.62 bits per heavy atom. The first-order valence-corrected chi connectivity index (χ1v) is 11.5. The smallest absolute Gasteiger partial charge is 0.253 e. The summed E-state index contributed by atoms with van der Waals surface area (Å²) in [5, 5.41) is 9.64. The Kier molecular flexibility index (Phi) is 8.32. The van der Waals surface area contributed by atoms with Crippen molar-refractivity contribution in [3.63, 3.8) is 0 Å². The minimum Gasteiger partial charge on any atom is -0.385 e. The number of hydrogen-bond acceptors (Lipinski definition) is 7. The number of nitrogens with one attached hydrogen (secondary N) is 3. The molecule has 1 aromatic heterocycles. The number of rotatable bonds is 10. The summed E-state index contributed by atoms with van der Waals surface area (Å²) in [5.74, 6) is 0.595. The molecule has 2 heterocycles. The van der Waals surface area contributed by atoms with E-state index >= 15 is 0 Å². The van der Waals surface area contributed by atoms with E-state index in [1.165, 1.54) is 5.69 Å². The van der Waals surface area contributed by atoms with Crippen molar-refractivity contribution in [1.82, 2.24) is 10.3 Å². The number of hydrogen-bond donors (Lipinski definition) is 3. The molecule has 0 atom stereocenters. The summed E-state index contributed by atoms with van der Waals surface area (Å²) >= 11 is 0. The number of morpholine rings is 1. The van der Waals surface area contributed by atoms with Crippen LogP contribution in [0.1, 0.15) is 16.8 Å². The van der Waals surface area contributed by atoms with E-state index in [4.69, 9.17) is 9.47 Å². The van der Waals surface area contributed by atoms with Gasteiger partial charge in [0.2, 0.25) is 0 Å². The van der Waals surface area contributed by atoms with Gasteiger partial charge in [-0.1, -0.05) is 12.1 Å². The van der Waals surface area contributed by atoms with E-state index in [2.05, 4.69) is 50.1 Å². The summed E-state index contributed by atoms with van der Waals surface area (Å²) in [6.45, 7) is 4.53. The molecule has 2 aromatic carbocycles. The van der Waals surface area contributed by atoms with Crippen LogP contribution in [0.15, 0.2) is 66.9 Å². The molecule has 1 aliphatic rings. The fourth-order valence-electron chi connectivity index (χ4n) is 3.76. The van der Waals surface area contributed by atoms with Crippen LogP contribution in [-0.4, -0.2) is 57.5 Å². The van der Waals surface area contributed by atoms with Crippen LogP contribution in [0.2, 0.25) is 0 Å². The predicted octanol–water partition coefficient (Wildman–Crippen LogP) is 4.17. The Labute approximate surface area is 200 Å². The van der Waals surface area contributed by atoms with Crippen LogP contribution in [0.5, 0.6) is 0 Å². The van der Waals surface area contributed by atoms with E-state index < -0.39 is 0 Å². The number of methoxy groups -OCH3 is 1. The van der Waals surface area contributed by atoms with Crippen molar-refractivity contribution >= 4 is 34.5 Å². The minimum absolute atomic E-state index is 0.119. The summed E-state index contributed by atoms with van der Waals surface area (Å²) in [6.07, 6.45) is 2.50. The molecule has 34 heavy (non-hydrogen) atoms. The Bertz CT molecular complexity index is 1070. The fraction of sp³-hybridized carbons (Fsp3) is 0.308. The third kappa shape index (κ3) is 6.46. The second-order valence-electron chi connectivity index (χ2n) is 7.97. The number of pyridine rings is 1. The van der Waals surface area contributed by atoms with Crippen LogP contribution >= 0.6 is 0 Å². The van der Waals surface area contributed by atoms with Crippen molar-refractivity contribution in [3.8, 4) is 0 Å². The third-order valence-electron chi connectivity index (χ3n) is 5.54. The van der Waals surface area contributed by atoms with Gasteiger partial charge >= 0.3 is 0 Å². The highest BCUT2D eigenvalue weighted by Crippen LogP contribution is 2.25. The largest absolute Gasteiger partial charge is 0.385 e. The number of nitrogens with zero attached hydrogens (tertiary/aromatic N) is 2. The lowest BCUT2D eigenvalue weighted by atomic mass is 10.1. The summed E-state index contributed by atoms with van der Waals surface area (Å²) < 4.78 is 10.5. The molecule has 0 bridgehead atoms. The van der Waals surface area contributed by atoms with Crippen molar-refractivity contribution in [1.29, 1.82) is 0 Å². The van der Waals surface area contributed by atoms with Gasteiger partial charge < -0.3 is 30.3 Å². The van der Waals surface area contributed by atoms with Crippen LogP contribution in [0.25, 0.3) is 0 Å². The monoisotopic (exact) mass is 461 g/mol. The van der Waals surface area contributed by atoms with Gasteiger partial charge in [0.25, 0.3) is 5.91 Å². The Balaban J connectivity index is 1.40. The highest BCUT2D eigenvalue weighted by atomic mass is 16.5. The first-order chi connectivity index (χ1) is 16.7. The lowest BCUT2D eigenvalue weighted by molar-refractivity contribution is 0.0949. The van der Waals surface area contributed by atoms with E-state index in [1.807, 2.05) is 36.4 Å². The maximum Gasteiger partial charge on any atom is 0.253 e. The van der Waals surface area contributed by atoms with Gasteiger partial charge in [0.05, 0.1) is 24.5 Å². The Morgan fingerprint density at radius 2 is 1.82 bits per heavy atom. The Hall–Kier alpha value is -3.62. The van der Waals surface area contributed by atoms with Crippen LogP contribution < -0.4 is 20.9 Å². The molecule has 0 saturated carbocycles. The maximum atomic E-state index is 12.6. The maximum absolute atomic E-state index is 12.6. The van der Waals surface area contributed by atoms with E-state index in [0.717, 1.165) is 49.8 Å². The number of ether oxygens (including phenoxy) is 2. The molecule has 1 saturated heterocycles.